The fourth-order valence-electron chi connectivity index (χ4n) is 2.09. The van der Waals surface area contributed by atoms with Crippen molar-refractivity contribution in [3.63, 3.8) is 0 Å². The first-order chi connectivity index (χ1) is 7.24. The maximum Gasteiger partial charge on any atom is 0.116 e. The first-order valence-electron chi connectivity index (χ1n) is 5.08. The second kappa shape index (κ2) is 2.97. The van der Waals surface area contributed by atoms with Crippen molar-refractivity contribution in [1.82, 2.24) is 9.78 Å². The molecular formula is C11H12N2O2. The van der Waals surface area contributed by atoms with Gasteiger partial charge in [-0.1, -0.05) is 0 Å². The van der Waals surface area contributed by atoms with E-state index in [0.717, 1.165) is 23.7 Å². The van der Waals surface area contributed by atoms with Gasteiger partial charge in [0, 0.05) is 5.39 Å². The van der Waals surface area contributed by atoms with Crippen molar-refractivity contribution in [1.29, 1.82) is 0 Å². The highest BCUT2D eigenvalue weighted by Crippen LogP contribution is 2.34. The summed E-state index contributed by atoms with van der Waals surface area (Å²) in [5.74, 6) is 0.260. The summed E-state index contributed by atoms with van der Waals surface area (Å²) in [5.41, 5.74) is 1.02. The maximum absolute atomic E-state index is 9.31. The average Bonchev–Trinajstić information content (AvgIpc) is 2.55. The minimum atomic E-state index is -0.175. The van der Waals surface area contributed by atoms with Crippen LogP contribution in [0.4, 0.5) is 0 Å². The molecule has 78 valence electrons. The van der Waals surface area contributed by atoms with Crippen LogP contribution < -0.4 is 0 Å². The smallest absolute Gasteiger partial charge is 0.116 e. The van der Waals surface area contributed by atoms with Crippen LogP contribution in [0.5, 0.6) is 5.75 Å². The molecule has 2 aromatic rings. The van der Waals surface area contributed by atoms with Crippen molar-refractivity contribution in [3.8, 4) is 5.75 Å². The lowest BCUT2D eigenvalue weighted by molar-refractivity contribution is 0.0453. The molecule has 0 unspecified atom stereocenters. The van der Waals surface area contributed by atoms with Crippen LogP contribution in [-0.2, 0) is 0 Å². The summed E-state index contributed by atoms with van der Waals surface area (Å²) in [7, 11) is 0. The summed E-state index contributed by atoms with van der Waals surface area (Å²) < 4.78 is 1.93. The van der Waals surface area contributed by atoms with Gasteiger partial charge < -0.3 is 10.2 Å². The van der Waals surface area contributed by atoms with Gasteiger partial charge in [-0.2, -0.15) is 5.10 Å². The molecule has 4 nitrogen and oxygen atoms in total. The number of aliphatic hydroxyl groups excluding tert-OH is 1. The molecule has 1 saturated carbocycles. The number of aliphatic hydroxyl groups is 1. The lowest BCUT2D eigenvalue weighted by Gasteiger charge is -2.31. The number of hydrogen-bond acceptors (Lipinski definition) is 3. The Kier molecular flexibility index (Phi) is 1.73. The standard InChI is InChI=1S/C11H12N2O2/c14-9-1-2-11-7(3-9)6-12-13(11)8-4-10(15)5-8/h1-3,6,8,10,14-15H,4-5H2. The third kappa shape index (κ3) is 1.29. The van der Waals surface area contributed by atoms with E-state index in [1.807, 2.05) is 10.7 Å². The molecule has 1 aromatic heterocycles. The number of phenolic OH excluding ortho intramolecular Hbond substituents is 1. The Hall–Kier alpha value is -1.55. The number of phenols is 1. The van der Waals surface area contributed by atoms with Crippen LogP contribution >= 0.6 is 0 Å². The van der Waals surface area contributed by atoms with Crippen LogP contribution in [0.3, 0.4) is 0 Å². The Labute approximate surface area is 86.8 Å². The van der Waals surface area contributed by atoms with E-state index in [4.69, 9.17) is 0 Å². The number of benzene rings is 1. The van der Waals surface area contributed by atoms with Crippen molar-refractivity contribution in [3.05, 3.63) is 24.4 Å². The third-order valence-electron chi connectivity index (χ3n) is 3.01. The van der Waals surface area contributed by atoms with Gasteiger partial charge in [-0.25, -0.2) is 0 Å². The van der Waals surface area contributed by atoms with E-state index >= 15 is 0 Å². The topological polar surface area (TPSA) is 58.3 Å². The molecule has 0 spiro atoms. The van der Waals surface area contributed by atoms with Gasteiger partial charge in [-0.15, -0.1) is 0 Å². The van der Waals surface area contributed by atoms with Crippen LogP contribution in [0.15, 0.2) is 24.4 Å². The fourth-order valence-corrected chi connectivity index (χ4v) is 2.09. The van der Waals surface area contributed by atoms with Gasteiger partial charge in [-0.3, -0.25) is 4.68 Å². The van der Waals surface area contributed by atoms with E-state index in [1.165, 1.54) is 0 Å². The number of fused-ring (bicyclic) bond motifs is 1. The molecule has 3 rings (SSSR count). The van der Waals surface area contributed by atoms with E-state index < -0.39 is 0 Å². The summed E-state index contributed by atoms with van der Waals surface area (Å²) in [6.45, 7) is 0. The minimum Gasteiger partial charge on any atom is -0.508 e. The number of aromatic nitrogens is 2. The lowest BCUT2D eigenvalue weighted by atomic mass is 9.89. The van der Waals surface area contributed by atoms with Crippen LogP contribution in [-0.4, -0.2) is 26.1 Å². The molecule has 2 N–H and O–H groups in total. The van der Waals surface area contributed by atoms with Crippen LogP contribution in [0.25, 0.3) is 10.9 Å². The van der Waals surface area contributed by atoms with Gasteiger partial charge in [0.25, 0.3) is 0 Å². The first kappa shape index (κ1) is 8.73. The fraction of sp³-hybridized carbons (Fsp3) is 0.364. The molecular weight excluding hydrogens is 192 g/mol. The van der Waals surface area contributed by atoms with Crippen molar-refractivity contribution < 1.29 is 10.2 Å². The molecule has 1 heterocycles. The molecule has 4 heteroatoms. The molecule has 0 aliphatic heterocycles. The van der Waals surface area contributed by atoms with Gasteiger partial charge in [0.2, 0.25) is 0 Å². The molecule has 0 atom stereocenters. The van der Waals surface area contributed by atoms with Crippen molar-refractivity contribution in [2.45, 2.75) is 25.0 Å². The first-order valence-corrected chi connectivity index (χ1v) is 5.08. The van der Waals surface area contributed by atoms with Gasteiger partial charge in [0.15, 0.2) is 0 Å². The quantitative estimate of drug-likeness (QED) is 0.739. The monoisotopic (exact) mass is 204 g/mol. The second-order valence-corrected chi connectivity index (χ2v) is 4.11. The van der Waals surface area contributed by atoms with Crippen LogP contribution in [0.2, 0.25) is 0 Å². The zero-order valence-corrected chi connectivity index (χ0v) is 8.17. The molecule has 0 bridgehead atoms. The predicted molar refractivity (Wildman–Crippen MR) is 55.7 cm³/mol. The number of hydrogen-bond donors (Lipinski definition) is 2. The summed E-state index contributed by atoms with van der Waals surface area (Å²) in [6.07, 6.45) is 3.13. The Morgan fingerprint density at radius 3 is 2.87 bits per heavy atom. The molecule has 0 amide bonds. The van der Waals surface area contributed by atoms with Crippen molar-refractivity contribution in [2.24, 2.45) is 0 Å². The average molecular weight is 204 g/mol. The van der Waals surface area contributed by atoms with Gasteiger partial charge in [0.05, 0.1) is 23.9 Å². The Bertz CT molecular complexity index is 500. The van der Waals surface area contributed by atoms with Crippen LogP contribution in [0, 0.1) is 0 Å². The van der Waals surface area contributed by atoms with Crippen molar-refractivity contribution in [2.75, 3.05) is 0 Å². The third-order valence-corrected chi connectivity index (χ3v) is 3.01. The predicted octanol–water partition coefficient (Wildman–Crippen LogP) is 1.44. The Morgan fingerprint density at radius 1 is 1.33 bits per heavy atom. The van der Waals surface area contributed by atoms with E-state index in [-0.39, 0.29) is 11.9 Å². The van der Waals surface area contributed by atoms with Gasteiger partial charge >= 0.3 is 0 Å². The number of aromatic hydroxyl groups is 1. The minimum absolute atomic E-state index is 0.175. The number of rotatable bonds is 1. The second-order valence-electron chi connectivity index (χ2n) is 4.11. The largest absolute Gasteiger partial charge is 0.508 e. The Balaban J connectivity index is 2.05. The highest BCUT2D eigenvalue weighted by atomic mass is 16.3. The maximum atomic E-state index is 9.31. The lowest BCUT2D eigenvalue weighted by Crippen LogP contribution is -2.31. The number of nitrogens with zero attached hydrogens (tertiary/aromatic N) is 2. The van der Waals surface area contributed by atoms with E-state index in [1.54, 1.807) is 18.3 Å². The summed E-state index contributed by atoms with van der Waals surface area (Å²) >= 11 is 0. The highest BCUT2D eigenvalue weighted by Gasteiger charge is 2.30. The summed E-state index contributed by atoms with van der Waals surface area (Å²) in [4.78, 5) is 0. The molecule has 15 heavy (non-hydrogen) atoms. The van der Waals surface area contributed by atoms with Gasteiger partial charge in [0.1, 0.15) is 5.75 Å². The summed E-state index contributed by atoms with van der Waals surface area (Å²) in [5, 5.41) is 23.8. The highest BCUT2D eigenvalue weighted by molar-refractivity contribution is 5.80. The molecule has 1 aromatic carbocycles. The van der Waals surface area contributed by atoms with Crippen LogP contribution in [0.1, 0.15) is 18.9 Å². The molecule has 0 saturated heterocycles. The molecule has 0 radical (unpaired) electrons. The van der Waals surface area contributed by atoms with E-state index in [9.17, 15) is 10.2 Å². The Morgan fingerprint density at radius 2 is 2.13 bits per heavy atom. The molecule has 1 aliphatic carbocycles. The zero-order valence-electron chi connectivity index (χ0n) is 8.17. The molecule has 1 fully saturated rings. The molecule has 1 aliphatic rings. The normalized spacial score (nSPS) is 25.4. The van der Waals surface area contributed by atoms with E-state index in [2.05, 4.69) is 5.10 Å². The van der Waals surface area contributed by atoms with Gasteiger partial charge in [-0.05, 0) is 31.0 Å². The van der Waals surface area contributed by atoms with E-state index in [0.29, 0.717) is 6.04 Å². The zero-order chi connectivity index (χ0) is 10.4. The summed E-state index contributed by atoms with van der Waals surface area (Å²) in [6, 6.07) is 5.54. The SMILES string of the molecule is Oc1ccc2c(cnn2C2CC(O)C2)c1. The van der Waals surface area contributed by atoms with Crippen molar-refractivity contribution >= 4 is 10.9 Å².